The van der Waals surface area contributed by atoms with Crippen LogP contribution in [0.1, 0.15) is 12.1 Å². The highest BCUT2D eigenvalue weighted by Crippen LogP contribution is 2.29. The van der Waals surface area contributed by atoms with Gasteiger partial charge in [0.15, 0.2) is 0 Å². The summed E-state index contributed by atoms with van der Waals surface area (Å²) in [5, 5.41) is 3.28. The minimum absolute atomic E-state index is 0.241. The number of benzene rings is 1. The van der Waals surface area contributed by atoms with E-state index in [0.29, 0.717) is 6.54 Å². The molecule has 0 saturated carbocycles. The number of halogens is 1. The molecule has 1 aliphatic heterocycles. The Hall–Kier alpha value is -1.88. The van der Waals surface area contributed by atoms with Crippen LogP contribution >= 0.6 is 0 Å². The van der Waals surface area contributed by atoms with Gasteiger partial charge >= 0.3 is 0 Å². The van der Waals surface area contributed by atoms with E-state index >= 15 is 0 Å². The Morgan fingerprint density at radius 2 is 2.32 bits per heavy atom. The molecule has 2 heterocycles. The normalized spacial score (nSPS) is 14.0. The van der Waals surface area contributed by atoms with Gasteiger partial charge in [0.25, 0.3) is 0 Å². The Morgan fingerprint density at radius 3 is 3.11 bits per heavy atom. The van der Waals surface area contributed by atoms with Crippen LogP contribution in [-0.2, 0) is 13.0 Å². The third-order valence-corrected chi connectivity index (χ3v) is 3.39. The van der Waals surface area contributed by atoms with Crippen LogP contribution in [0.15, 0.2) is 24.3 Å². The standard InChI is InChI=1S/C14H17FN4/c15-11-4-1-3-10(9-11)13-12(5-6-16)19-8-2-7-17-14(19)18-13/h1,3-4,9H,2,5-8,16H2,(H,17,18). The summed E-state index contributed by atoms with van der Waals surface area (Å²) in [6.45, 7) is 2.44. The maximum Gasteiger partial charge on any atom is 0.203 e. The molecule has 1 aromatic carbocycles. The van der Waals surface area contributed by atoms with Crippen LogP contribution < -0.4 is 11.1 Å². The predicted molar refractivity (Wildman–Crippen MR) is 73.5 cm³/mol. The van der Waals surface area contributed by atoms with Gasteiger partial charge in [-0.25, -0.2) is 9.37 Å². The van der Waals surface area contributed by atoms with Crippen LogP contribution in [0.3, 0.4) is 0 Å². The van der Waals surface area contributed by atoms with Crippen molar-refractivity contribution in [3.05, 3.63) is 35.8 Å². The maximum atomic E-state index is 13.4. The van der Waals surface area contributed by atoms with Crippen LogP contribution in [0.5, 0.6) is 0 Å². The molecule has 5 heteroatoms. The lowest BCUT2D eigenvalue weighted by atomic mass is 10.1. The quantitative estimate of drug-likeness (QED) is 0.887. The number of imidazole rings is 1. The summed E-state index contributed by atoms with van der Waals surface area (Å²) < 4.78 is 15.5. The van der Waals surface area contributed by atoms with Gasteiger partial charge in [-0.05, 0) is 25.1 Å². The lowest BCUT2D eigenvalue weighted by molar-refractivity contribution is 0.603. The van der Waals surface area contributed by atoms with E-state index in [0.717, 1.165) is 48.8 Å². The lowest BCUT2D eigenvalue weighted by Gasteiger charge is -2.17. The Bertz CT molecular complexity index is 591. The summed E-state index contributed by atoms with van der Waals surface area (Å²) in [5.41, 5.74) is 8.44. The van der Waals surface area contributed by atoms with Crippen LogP contribution in [0.2, 0.25) is 0 Å². The molecule has 1 aliphatic rings. The van der Waals surface area contributed by atoms with Gasteiger partial charge in [-0.2, -0.15) is 0 Å². The van der Waals surface area contributed by atoms with E-state index in [1.54, 1.807) is 6.07 Å². The van der Waals surface area contributed by atoms with Crippen molar-refractivity contribution in [1.82, 2.24) is 9.55 Å². The molecule has 0 aliphatic carbocycles. The van der Waals surface area contributed by atoms with E-state index < -0.39 is 0 Å². The zero-order valence-corrected chi connectivity index (χ0v) is 10.7. The third-order valence-electron chi connectivity index (χ3n) is 3.39. The number of nitrogens with zero attached hydrogens (tertiary/aromatic N) is 2. The summed E-state index contributed by atoms with van der Waals surface area (Å²) in [6.07, 6.45) is 1.82. The number of hydrogen-bond donors (Lipinski definition) is 2. The van der Waals surface area contributed by atoms with Crippen molar-refractivity contribution >= 4 is 5.95 Å². The van der Waals surface area contributed by atoms with E-state index in [1.807, 2.05) is 6.07 Å². The summed E-state index contributed by atoms with van der Waals surface area (Å²) in [7, 11) is 0. The molecule has 0 bridgehead atoms. The predicted octanol–water partition coefficient (Wildman–Crippen LogP) is 2.01. The second-order valence-corrected chi connectivity index (χ2v) is 4.71. The largest absolute Gasteiger partial charge is 0.356 e. The first-order chi connectivity index (χ1) is 9.29. The van der Waals surface area contributed by atoms with Gasteiger partial charge in [0.1, 0.15) is 5.82 Å². The highest BCUT2D eigenvalue weighted by molar-refractivity contribution is 5.65. The Kier molecular flexibility index (Phi) is 3.21. The fraction of sp³-hybridized carbons (Fsp3) is 0.357. The Labute approximate surface area is 111 Å². The fourth-order valence-corrected chi connectivity index (χ4v) is 2.56. The average Bonchev–Trinajstić information content (AvgIpc) is 2.79. The molecule has 0 fully saturated rings. The van der Waals surface area contributed by atoms with Crippen molar-refractivity contribution in [2.24, 2.45) is 5.73 Å². The van der Waals surface area contributed by atoms with E-state index in [1.165, 1.54) is 12.1 Å². The summed E-state index contributed by atoms with van der Waals surface area (Å²) in [6, 6.07) is 6.56. The Morgan fingerprint density at radius 1 is 1.42 bits per heavy atom. The molecule has 1 aromatic heterocycles. The number of anilines is 1. The monoisotopic (exact) mass is 260 g/mol. The van der Waals surface area contributed by atoms with Crippen LogP contribution in [0.25, 0.3) is 11.3 Å². The second kappa shape index (κ2) is 5.01. The smallest absolute Gasteiger partial charge is 0.203 e. The van der Waals surface area contributed by atoms with E-state index in [4.69, 9.17) is 5.73 Å². The lowest BCUT2D eigenvalue weighted by Crippen LogP contribution is -2.19. The molecule has 0 saturated heterocycles. The minimum atomic E-state index is -0.241. The molecule has 2 aromatic rings. The molecule has 0 radical (unpaired) electrons. The van der Waals surface area contributed by atoms with Gasteiger partial charge in [-0.1, -0.05) is 12.1 Å². The molecule has 0 atom stereocenters. The second-order valence-electron chi connectivity index (χ2n) is 4.71. The van der Waals surface area contributed by atoms with Gasteiger partial charge in [-0.15, -0.1) is 0 Å². The van der Waals surface area contributed by atoms with Crippen LogP contribution in [0, 0.1) is 5.82 Å². The first kappa shape index (κ1) is 12.2. The highest BCUT2D eigenvalue weighted by atomic mass is 19.1. The van der Waals surface area contributed by atoms with Crippen molar-refractivity contribution in [3.8, 4) is 11.3 Å². The molecule has 100 valence electrons. The number of hydrogen-bond acceptors (Lipinski definition) is 3. The number of aromatic nitrogens is 2. The fourth-order valence-electron chi connectivity index (χ4n) is 2.56. The van der Waals surface area contributed by atoms with Crippen molar-refractivity contribution in [2.45, 2.75) is 19.4 Å². The van der Waals surface area contributed by atoms with Crippen molar-refractivity contribution in [3.63, 3.8) is 0 Å². The number of nitrogens with one attached hydrogen (secondary N) is 1. The van der Waals surface area contributed by atoms with Gasteiger partial charge in [0.2, 0.25) is 5.95 Å². The molecule has 3 N–H and O–H groups in total. The maximum absolute atomic E-state index is 13.4. The molecular formula is C14H17FN4. The van der Waals surface area contributed by atoms with Crippen LogP contribution in [0.4, 0.5) is 10.3 Å². The Balaban J connectivity index is 2.12. The first-order valence-electron chi connectivity index (χ1n) is 6.59. The number of fused-ring (bicyclic) bond motifs is 1. The third kappa shape index (κ3) is 2.21. The summed E-state index contributed by atoms with van der Waals surface area (Å²) in [4.78, 5) is 4.61. The molecule has 19 heavy (non-hydrogen) atoms. The summed E-state index contributed by atoms with van der Waals surface area (Å²) >= 11 is 0. The van der Waals surface area contributed by atoms with Crippen molar-refractivity contribution < 1.29 is 4.39 Å². The van der Waals surface area contributed by atoms with E-state index in [2.05, 4.69) is 14.9 Å². The average molecular weight is 260 g/mol. The van der Waals surface area contributed by atoms with Crippen molar-refractivity contribution in [1.29, 1.82) is 0 Å². The highest BCUT2D eigenvalue weighted by Gasteiger charge is 2.20. The summed E-state index contributed by atoms with van der Waals surface area (Å²) in [5.74, 6) is 0.629. The van der Waals surface area contributed by atoms with Crippen molar-refractivity contribution in [2.75, 3.05) is 18.4 Å². The van der Waals surface area contributed by atoms with Gasteiger partial charge in [0.05, 0.1) is 5.69 Å². The SMILES string of the molecule is NCCc1c(-c2cccc(F)c2)nc2n1CCCN2. The molecular weight excluding hydrogens is 243 g/mol. The minimum Gasteiger partial charge on any atom is -0.356 e. The molecule has 3 rings (SSSR count). The first-order valence-corrected chi connectivity index (χ1v) is 6.59. The molecule has 4 nitrogen and oxygen atoms in total. The zero-order chi connectivity index (χ0) is 13.2. The number of nitrogens with two attached hydrogens (primary N) is 1. The van der Waals surface area contributed by atoms with E-state index in [9.17, 15) is 4.39 Å². The van der Waals surface area contributed by atoms with E-state index in [-0.39, 0.29) is 5.82 Å². The molecule has 0 amide bonds. The number of rotatable bonds is 3. The van der Waals surface area contributed by atoms with Gasteiger partial charge in [-0.3, -0.25) is 0 Å². The molecule has 0 spiro atoms. The zero-order valence-electron chi connectivity index (χ0n) is 10.7. The van der Waals surface area contributed by atoms with Gasteiger partial charge in [0, 0.05) is 30.8 Å². The van der Waals surface area contributed by atoms with Crippen LogP contribution in [-0.4, -0.2) is 22.6 Å². The molecule has 0 unspecified atom stereocenters. The van der Waals surface area contributed by atoms with Gasteiger partial charge < -0.3 is 15.6 Å². The topological polar surface area (TPSA) is 55.9 Å².